The molecule has 0 aliphatic rings. The van der Waals surface area contributed by atoms with Gasteiger partial charge in [-0.3, -0.25) is 0 Å². The number of hydrogen-bond donors (Lipinski definition) is 1. The average Bonchev–Trinajstić information content (AvgIpc) is 2.30. The van der Waals surface area contributed by atoms with E-state index in [2.05, 4.69) is 44.2 Å². The van der Waals surface area contributed by atoms with E-state index in [9.17, 15) is 0 Å². The third-order valence-corrected chi connectivity index (χ3v) is 2.81. The molecule has 2 N–H and O–H groups in total. The minimum absolute atomic E-state index is 0.842. The predicted molar refractivity (Wildman–Crippen MR) is 75.6 cm³/mol. The van der Waals surface area contributed by atoms with Crippen LogP contribution in [0.4, 0.5) is 5.69 Å². The maximum Gasteiger partial charge on any atom is 0.0392 e. The summed E-state index contributed by atoms with van der Waals surface area (Å²) in [7, 11) is 0. The second-order valence-electron chi connectivity index (χ2n) is 4.33. The van der Waals surface area contributed by atoms with Gasteiger partial charge in [-0.15, -0.1) is 0 Å². The Labute approximate surface area is 103 Å². The lowest BCUT2D eigenvalue weighted by Gasteiger charge is -2.07. The van der Waals surface area contributed by atoms with Gasteiger partial charge in [0.2, 0.25) is 0 Å². The molecule has 0 saturated heterocycles. The van der Waals surface area contributed by atoms with Crippen molar-refractivity contribution in [1.82, 2.24) is 0 Å². The lowest BCUT2D eigenvalue weighted by atomic mass is 10.0. The highest BCUT2D eigenvalue weighted by atomic mass is 14.6. The Bertz CT molecular complexity index is 539. The Balaban J connectivity index is 2.37. The number of nitrogens with two attached hydrogens (primary N) is 1. The third-order valence-electron chi connectivity index (χ3n) is 2.81. The van der Waals surface area contributed by atoms with Crippen molar-refractivity contribution < 1.29 is 0 Å². The van der Waals surface area contributed by atoms with Crippen LogP contribution < -0.4 is 5.73 Å². The SMILES string of the molecule is C/C(=C\c1ccccc1)c1ccc(C)cc1N. The Morgan fingerprint density at radius 3 is 2.41 bits per heavy atom. The van der Waals surface area contributed by atoms with Crippen LogP contribution in [-0.4, -0.2) is 0 Å². The van der Waals surface area contributed by atoms with Crippen LogP contribution in [0.5, 0.6) is 0 Å². The fourth-order valence-corrected chi connectivity index (χ4v) is 1.92. The van der Waals surface area contributed by atoms with E-state index >= 15 is 0 Å². The van der Waals surface area contributed by atoms with Crippen molar-refractivity contribution in [1.29, 1.82) is 0 Å². The second kappa shape index (κ2) is 4.88. The predicted octanol–water partition coefficient (Wildman–Crippen LogP) is 4.14. The molecule has 0 spiro atoms. The molecular weight excluding hydrogens is 206 g/mol. The monoisotopic (exact) mass is 223 g/mol. The first-order chi connectivity index (χ1) is 8.16. The minimum atomic E-state index is 0.842. The van der Waals surface area contributed by atoms with Gasteiger partial charge in [0, 0.05) is 11.3 Å². The molecular formula is C16H17N. The normalized spacial score (nSPS) is 11.5. The molecule has 0 aliphatic carbocycles. The molecule has 0 radical (unpaired) electrons. The molecule has 2 aromatic rings. The smallest absolute Gasteiger partial charge is 0.0392 e. The topological polar surface area (TPSA) is 26.0 Å². The van der Waals surface area contributed by atoms with Gasteiger partial charge in [-0.05, 0) is 36.6 Å². The lowest BCUT2D eigenvalue weighted by molar-refractivity contribution is 1.45. The molecule has 0 aromatic heterocycles. The summed E-state index contributed by atoms with van der Waals surface area (Å²) >= 11 is 0. The number of rotatable bonds is 2. The molecule has 0 aliphatic heterocycles. The molecule has 1 heteroatoms. The van der Waals surface area contributed by atoms with Crippen LogP contribution in [-0.2, 0) is 0 Å². The zero-order valence-electron chi connectivity index (χ0n) is 10.3. The van der Waals surface area contributed by atoms with Crippen LogP contribution in [0.2, 0.25) is 0 Å². The molecule has 86 valence electrons. The first-order valence-corrected chi connectivity index (χ1v) is 5.76. The molecule has 0 fully saturated rings. The number of anilines is 1. The van der Waals surface area contributed by atoms with Crippen LogP contribution in [0.1, 0.15) is 23.6 Å². The van der Waals surface area contributed by atoms with Gasteiger partial charge in [-0.2, -0.15) is 0 Å². The summed E-state index contributed by atoms with van der Waals surface area (Å²) in [6.45, 7) is 4.14. The van der Waals surface area contributed by atoms with Gasteiger partial charge in [-0.25, -0.2) is 0 Å². The Morgan fingerprint density at radius 2 is 1.76 bits per heavy atom. The Kier molecular flexibility index (Phi) is 3.29. The molecule has 1 nitrogen and oxygen atoms in total. The Morgan fingerprint density at radius 1 is 1.06 bits per heavy atom. The molecule has 0 atom stereocenters. The van der Waals surface area contributed by atoms with Crippen molar-refractivity contribution >= 4 is 17.3 Å². The number of hydrogen-bond acceptors (Lipinski definition) is 1. The van der Waals surface area contributed by atoms with E-state index in [1.807, 2.05) is 24.3 Å². The molecule has 0 saturated carbocycles. The van der Waals surface area contributed by atoms with E-state index in [0.29, 0.717) is 0 Å². The average molecular weight is 223 g/mol. The van der Waals surface area contributed by atoms with Gasteiger partial charge in [0.15, 0.2) is 0 Å². The molecule has 0 bridgehead atoms. The molecule has 2 rings (SSSR count). The Hall–Kier alpha value is -2.02. The molecule has 0 heterocycles. The van der Waals surface area contributed by atoms with Crippen molar-refractivity contribution in [2.75, 3.05) is 5.73 Å². The summed E-state index contributed by atoms with van der Waals surface area (Å²) in [5.41, 5.74) is 11.6. The number of allylic oxidation sites excluding steroid dienone is 1. The van der Waals surface area contributed by atoms with Crippen LogP contribution in [0, 0.1) is 6.92 Å². The second-order valence-corrected chi connectivity index (χ2v) is 4.33. The van der Waals surface area contributed by atoms with Gasteiger partial charge in [-0.1, -0.05) is 48.5 Å². The fraction of sp³-hybridized carbons (Fsp3) is 0.125. The van der Waals surface area contributed by atoms with Crippen LogP contribution in [0.3, 0.4) is 0 Å². The number of benzene rings is 2. The zero-order chi connectivity index (χ0) is 12.3. The molecule has 0 amide bonds. The van der Waals surface area contributed by atoms with E-state index in [1.54, 1.807) is 0 Å². The van der Waals surface area contributed by atoms with Gasteiger partial charge in [0.25, 0.3) is 0 Å². The standard InChI is InChI=1S/C16H17N/c1-12-8-9-15(16(17)10-12)13(2)11-14-6-4-3-5-7-14/h3-11H,17H2,1-2H3/b13-11+. The van der Waals surface area contributed by atoms with Crippen molar-refractivity contribution in [3.8, 4) is 0 Å². The van der Waals surface area contributed by atoms with Crippen molar-refractivity contribution in [2.45, 2.75) is 13.8 Å². The summed E-state index contributed by atoms with van der Waals surface area (Å²) in [5.74, 6) is 0. The highest BCUT2D eigenvalue weighted by Crippen LogP contribution is 2.24. The maximum atomic E-state index is 6.04. The lowest BCUT2D eigenvalue weighted by Crippen LogP contribution is -1.92. The third kappa shape index (κ3) is 2.76. The first-order valence-electron chi connectivity index (χ1n) is 5.76. The van der Waals surface area contributed by atoms with E-state index in [0.717, 1.165) is 11.3 Å². The van der Waals surface area contributed by atoms with E-state index < -0.39 is 0 Å². The fourth-order valence-electron chi connectivity index (χ4n) is 1.92. The first kappa shape index (κ1) is 11.5. The highest BCUT2D eigenvalue weighted by molar-refractivity contribution is 5.85. The van der Waals surface area contributed by atoms with Crippen molar-refractivity contribution in [2.24, 2.45) is 0 Å². The van der Waals surface area contributed by atoms with Crippen LogP contribution in [0.15, 0.2) is 48.5 Å². The number of aryl methyl sites for hydroxylation is 1. The number of nitrogen functional groups attached to an aromatic ring is 1. The summed E-state index contributed by atoms with van der Waals surface area (Å²) in [6, 6.07) is 16.5. The van der Waals surface area contributed by atoms with E-state index in [-0.39, 0.29) is 0 Å². The molecule has 0 unspecified atom stereocenters. The quantitative estimate of drug-likeness (QED) is 0.601. The summed E-state index contributed by atoms with van der Waals surface area (Å²) < 4.78 is 0. The van der Waals surface area contributed by atoms with Gasteiger partial charge in [0.05, 0.1) is 0 Å². The summed E-state index contributed by atoms with van der Waals surface area (Å²) in [5, 5.41) is 0. The van der Waals surface area contributed by atoms with Crippen LogP contribution in [0.25, 0.3) is 11.6 Å². The molecule has 17 heavy (non-hydrogen) atoms. The molecule has 2 aromatic carbocycles. The van der Waals surface area contributed by atoms with Crippen molar-refractivity contribution in [3.63, 3.8) is 0 Å². The van der Waals surface area contributed by atoms with Gasteiger partial charge in [0.1, 0.15) is 0 Å². The minimum Gasteiger partial charge on any atom is -0.398 e. The van der Waals surface area contributed by atoms with Crippen molar-refractivity contribution in [3.05, 3.63) is 65.2 Å². The highest BCUT2D eigenvalue weighted by Gasteiger charge is 2.01. The maximum absolute atomic E-state index is 6.04. The van der Waals surface area contributed by atoms with Gasteiger partial charge >= 0.3 is 0 Å². The largest absolute Gasteiger partial charge is 0.398 e. The summed E-state index contributed by atoms with van der Waals surface area (Å²) in [6.07, 6.45) is 2.15. The van der Waals surface area contributed by atoms with Gasteiger partial charge < -0.3 is 5.73 Å². The van der Waals surface area contributed by atoms with E-state index in [1.165, 1.54) is 16.7 Å². The summed E-state index contributed by atoms with van der Waals surface area (Å²) in [4.78, 5) is 0. The zero-order valence-corrected chi connectivity index (χ0v) is 10.3. The van der Waals surface area contributed by atoms with Crippen LogP contribution >= 0.6 is 0 Å². The van der Waals surface area contributed by atoms with E-state index in [4.69, 9.17) is 5.73 Å².